The molecule has 0 atom stereocenters. The van der Waals surface area contributed by atoms with Crippen LogP contribution in [0.5, 0.6) is 0 Å². The van der Waals surface area contributed by atoms with Gasteiger partial charge in [0.05, 0.1) is 12.2 Å². The van der Waals surface area contributed by atoms with Gasteiger partial charge in [0.25, 0.3) is 0 Å². The van der Waals surface area contributed by atoms with Gasteiger partial charge in [0.2, 0.25) is 0 Å². The molecule has 0 spiro atoms. The fourth-order valence-electron chi connectivity index (χ4n) is 2.21. The number of carbonyl (C=O) groups is 1. The van der Waals surface area contributed by atoms with Crippen molar-refractivity contribution in [2.24, 2.45) is 5.73 Å². The zero-order chi connectivity index (χ0) is 16.9. The van der Waals surface area contributed by atoms with E-state index in [1.807, 2.05) is 35.7 Å². The van der Waals surface area contributed by atoms with Crippen LogP contribution in [0.4, 0.5) is 4.39 Å². The Balaban J connectivity index is 1.75. The fraction of sp³-hybridized carbons (Fsp3) is 0.111. The summed E-state index contributed by atoms with van der Waals surface area (Å²) in [6.45, 7) is -0.0334. The lowest BCUT2D eigenvalue weighted by Crippen LogP contribution is -2.16. The van der Waals surface area contributed by atoms with E-state index in [1.54, 1.807) is 12.1 Å². The van der Waals surface area contributed by atoms with Crippen molar-refractivity contribution < 1.29 is 13.9 Å². The molecule has 6 heteroatoms. The second kappa shape index (κ2) is 7.33. The monoisotopic (exact) mass is 342 g/mol. The highest BCUT2D eigenvalue weighted by Crippen LogP contribution is 2.28. The molecular weight excluding hydrogens is 327 g/mol. The number of aromatic nitrogens is 1. The van der Waals surface area contributed by atoms with Crippen LogP contribution in [0.3, 0.4) is 0 Å². The maximum atomic E-state index is 13.8. The van der Waals surface area contributed by atoms with E-state index in [4.69, 9.17) is 10.5 Å². The van der Waals surface area contributed by atoms with Crippen LogP contribution < -0.4 is 5.73 Å². The lowest BCUT2D eigenvalue weighted by Gasteiger charge is -2.04. The summed E-state index contributed by atoms with van der Waals surface area (Å²) in [5.41, 5.74) is 8.17. The molecule has 2 aromatic carbocycles. The zero-order valence-corrected chi connectivity index (χ0v) is 13.6. The number of ether oxygens (including phenoxy) is 1. The molecule has 0 unspecified atom stereocenters. The second-order valence-corrected chi connectivity index (χ2v) is 5.92. The average Bonchev–Trinajstić information content (AvgIpc) is 3.09. The number of carbonyl (C=O) groups excluding carboxylic acids is 1. The minimum atomic E-state index is -0.459. The van der Waals surface area contributed by atoms with Gasteiger partial charge in [0, 0.05) is 16.5 Å². The van der Waals surface area contributed by atoms with E-state index in [-0.39, 0.29) is 19.0 Å². The summed E-state index contributed by atoms with van der Waals surface area (Å²) in [6.07, 6.45) is 0. The van der Waals surface area contributed by atoms with Gasteiger partial charge in [-0.25, -0.2) is 9.37 Å². The Morgan fingerprint density at radius 1 is 1.12 bits per heavy atom. The molecule has 0 amide bonds. The molecule has 3 aromatic rings. The highest BCUT2D eigenvalue weighted by molar-refractivity contribution is 7.13. The summed E-state index contributed by atoms with van der Waals surface area (Å²) in [7, 11) is 0. The third-order valence-corrected chi connectivity index (χ3v) is 4.36. The topological polar surface area (TPSA) is 65.2 Å². The Morgan fingerprint density at radius 3 is 2.54 bits per heavy atom. The smallest absolute Gasteiger partial charge is 0.320 e. The predicted molar refractivity (Wildman–Crippen MR) is 91.8 cm³/mol. The summed E-state index contributed by atoms with van der Waals surface area (Å²) in [5, 5.41) is 2.65. The Hall–Kier alpha value is -2.57. The van der Waals surface area contributed by atoms with Crippen LogP contribution >= 0.6 is 11.3 Å². The highest BCUT2D eigenvalue weighted by Gasteiger charge is 2.08. The summed E-state index contributed by atoms with van der Waals surface area (Å²) in [4.78, 5) is 15.5. The number of nitrogens with two attached hydrogens (primary N) is 1. The summed E-state index contributed by atoms with van der Waals surface area (Å²) in [6, 6.07) is 14.2. The van der Waals surface area contributed by atoms with Crippen LogP contribution in [0, 0.1) is 5.82 Å². The van der Waals surface area contributed by atoms with E-state index in [2.05, 4.69) is 4.98 Å². The van der Waals surface area contributed by atoms with Crippen molar-refractivity contribution in [3.05, 3.63) is 65.4 Å². The predicted octanol–water partition coefficient (Wildman–Crippen LogP) is 3.62. The number of halogens is 1. The molecule has 24 heavy (non-hydrogen) atoms. The minimum absolute atomic E-state index is 0.111. The molecule has 0 aliphatic carbocycles. The Kier molecular flexibility index (Phi) is 4.98. The van der Waals surface area contributed by atoms with Crippen LogP contribution in [0.2, 0.25) is 0 Å². The molecule has 0 radical (unpaired) electrons. The second-order valence-electron chi connectivity index (χ2n) is 5.07. The van der Waals surface area contributed by atoms with Gasteiger partial charge in [-0.15, -0.1) is 11.3 Å². The van der Waals surface area contributed by atoms with Crippen molar-refractivity contribution in [2.75, 3.05) is 6.54 Å². The molecular formula is C18H15FN2O2S. The number of esters is 1. The van der Waals surface area contributed by atoms with E-state index in [0.29, 0.717) is 11.3 Å². The first-order chi connectivity index (χ1) is 11.7. The first-order valence-electron chi connectivity index (χ1n) is 7.33. The van der Waals surface area contributed by atoms with E-state index in [9.17, 15) is 9.18 Å². The number of benzene rings is 2. The normalized spacial score (nSPS) is 10.6. The van der Waals surface area contributed by atoms with Crippen LogP contribution in [0.15, 0.2) is 53.9 Å². The van der Waals surface area contributed by atoms with E-state index < -0.39 is 5.97 Å². The van der Waals surface area contributed by atoms with Gasteiger partial charge in [-0.05, 0) is 11.6 Å². The summed E-state index contributed by atoms with van der Waals surface area (Å²) in [5.74, 6) is -0.706. The van der Waals surface area contributed by atoms with Crippen molar-refractivity contribution in [1.82, 2.24) is 4.98 Å². The highest BCUT2D eigenvalue weighted by atomic mass is 32.1. The van der Waals surface area contributed by atoms with E-state index >= 15 is 0 Å². The van der Waals surface area contributed by atoms with Gasteiger partial charge < -0.3 is 10.5 Å². The van der Waals surface area contributed by atoms with Crippen LogP contribution in [0.25, 0.3) is 21.7 Å². The lowest BCUT2D eigenvalue weighted by molar-refractivity contribution is -0.143. The molecule has 0 aliphatic rings. The number of nitrogens with zero attached hydrogens (tertiary/aromatic N) is 1. The number of rotatable bonds is 5. The van der Waals surface area contributed by atoms with Gasteiger partial charge in [-0.1, -0.05) is 42.5 Å². The number of hydrogen-bond acceptors (Lipinski definition) is 5. The molecule has 0 fully saturated rings. The minimum Gasteiger partial charge on any atom is -0.458 e. The molecule has 122 valence electrons. The van der Waals surface area contributed by atoms with Gasteiger partial charge in [-0.2, -0.15) is 0 Å². The molecule has 2 N–H and O–H groups in total. The first-order valence-corrected chi connectivity index (χ1v) is 8.21. The molecule has 3 rings (SSSR count). The van der Waals surface area contributed by atoms with Crippen LogP contribution in [-0.2, 0) is 16.1 Å². The molecule has 0 saturated heterocycles. The zero-order valence-electron chi connectivity index (χ0n) is 12.7. The molecule has 0 bridgehead atoms. The van der Waals surface area contributed by atoms with Gasteiger partial charge >= 0.3 is 5.97 Å². The van der Waals surface area contributed by atoms with E-state index in [0.717, 1.165) is 16.1 Å². The molecule has 4 nitrogen and oxygen atoms in total. The Labute approximate surface area is 142 Å². The van der Waals surface area contributed by atoms with Crippen molar-refractivity contribution >= 4 is 17.3 Å². The van der Waals surface area contributed by atoms with Crippen molar-refractivity contribution in [3.63, 3.8) is 0 Å². The fourth-order valence-corrected chi connectivity index (χ4v) is 3.02. The third-order valence-electron chi connectivity index (χ3n) is 3.42. The standard InChI is InChI=1S/C18H15FN2O2S/c19-16-4-2-1-3-15(16)12-5-7-13(8-6-12)18-21-14(11-24-18)10-23-17(22)9-20/h1-8,11H,9-10,20H2. The maximum absolute atomic E-state index is 13.8. The van der Waals surface area contributed by atoms with Crippen molar-refractivity contribution in [1.29, 1.82) is 0 Å². The van der Waals surface area contributed by atoms with Crippen LogP contribution in [-0.4, -0.2) is 17.5 Å². The lowest BCUT2D eigenvalue weighted by atomic mass is 10.0. The largest absolute Gasteiger partial charge is 0.458 e. The Morgan fingerprint density at radius 2 is 1.83 bits per heavy atom. The molecule has 0 aliphatic heterocycles. The van der Waals surface area contributed by atoms with Crippen molar-refractivity contribution in [2.45, 2.75) is 6.61 Å². The summed E-state index contributed by atoms with van der Waals surface area (Å²) >= 11 is 1.46. The van der Waals surface area contributed by atoms with Gasteiger partial charge in [0.1, 0.15) is 17.4 Å². The molecule has 1 aromatic heterocycles. The summed E-state index contributed by atoms with van der Waals surface area (Å²) < 4.78 is 18.8. The van der Waals surface area contributed by atoms with Crippen LogP contribution in [0.1, 0.15) is 5.69 Å². The maximum Gasteiger partial charge on any atom is 0.320 e. The van der Waals surface area contributed by atoms with Gasteiger partial charge in [-0.3, -0.25) is 4.79 Å². The van der Waals surface area contributed by atoms with E-state index in [1.165, 1.54) is 17.4 Å². The SMILES string of the molecule is NCC(=O)OCc1csc(-c2ccc(-c3ccccc3F)cc2)n1. The van der Waals surface area contributed by atoms with Crippen molar-refractivity contribution in [3.8, 4) is 21.7 Å². The first kappa shape index (κ1) is 16.3. The quantitative estimate of drug-likeness (QED) is 0.719. The average molecular weight is 342 g/mol. The third kappa shape index (κ3) is 3.67. The molecule has 1 heterocycles. The Bertz CT molecular complexity index is 846. The van der Waals surface area contributed by atoms with Gasteiger partial charge in [0.15, 0.2) is 0 Å². The number of thiazole rings is 1. The number of hydrogen-bond donors (Lipinski definition) is 1. The molecule has 0 saturated carbocycles.